The number of carbonyl (C=O) groups is 1. The predicted molar refractivity (Wildman–Crippen MR) is 98.4 cm³/mol. The van der Waals surface area contributed by atoms with Crippen LogP contribution >= 0.6 is 0 Å². The van der Waals surface area contributed by atoms with E-state index in [4.69, 9.17) is 15.2 Å². The summed E-state index contributed by atoms with van der Waals surface area (Å²) in [5.74, 6) is -0.444. The van der Waals surface area contributed by atoms with Gasteiger partial charge in [0.1, 0.15) is 0 Å². The second-order valence-corrected chi connectivity index (χ2v) is 7.06. The van der Waals surface area contributed by atoms with Crippen molar-refractivity contribution in [2.75, 3.05) is 53.2 Å². The summed E-state index contributed by atoms with van der Waals surface area (Å²) in [5, 5.41) is 4.04. The van der Waals surface area contributed by atoms with Crippen molar-refractivity contribution in [2.24, 2.45) is 11.7 Å². The highest BCUT2D eigenvalue weighted by molar-refractivity contribution is 5.88. The lowest BCUT2D eigenvalue weighted by Gasteiger charge is -2.37. The number of rotatable bonds is 11. The molecule has 11 heteroatoms. The van der Waals surface area contributed by atoms with E-state index in [1.165, 1.54) is 18.2 Å². The first-order valence-corrected chi connectivity index (χ1v) is 9.59. The minimum atomic E-state index is -4.18. The van der Waals surface area contributed by atoms with Crippen molar-refractivity contribution in [3.8, 4) is 0 Å². The summed E-state index contributed by atoms with van der Waals surface area (Å²) in [6, 6.07) is -0.0942. The number of carbonyl (C=O) groups excluding carboxylic acids is 1. The normalized spacial score (nSPS) is 20.7. The second-order valence-electron chi connectivity index (χ2n) is 7.06. The Kier molecular flexibility index (Phi) is 9.34. The minimum Gasteiger partial charge on any atom is -0.465 e. The van der Waals surface area contributed by atoms with Crippen LogP contribution in [0.5, 0.6) is 0 Å². The van der Waals surface area contributed by atoms with Crippen LogP contribution in [0.1, 0.15) is 23.2 Å². The van der Waals surface area contributed by atoms with Gasteiger partial charge in [0.15, 0.2) is 0 Å². The van der Waals surface area contributed by atoms with Gasteiger partial charge in [-0.15, -0.1) is 0 Å². The van der Waals surface area contributed by atoms with Crippen LogP contribution in [-0.4, -0.2) is 86.0 Å². The van der Waals surface area contributed by atoms with Crippen molar-refractivity contribution in [3.05, 3.63) is 18.0 Å². The van der Waals surface area contributed by atoms with Gasteiger partial charge >= 0.3 is 12.1 Å². The summed E-state index contributed by atoms with van der Waals surface area (Å²) in [5.41, 5.74) is 6.42. The molecule has 0 amide bonds. The van der Waals surface area contributed by atoms with Crippen molar-refractivity contribution in [1.29, 1.82) is 0 Å². The molecule has 2 N–H and O–H groups in total. The maximum Gasteiger partial charge on any atom is 0.401 e. The first kappa shape index (κ1) is 23.6. The Balaban J connectivity index is 1.53. The fourth-order valence-corrected chi connectivity index (χ4v) is 3.25. The van der Waals surface area contributed by atoms with E-state index >= 15 is 0 Å². The molecular weight excluding hydrogens is 393 g/mol. The van der Waals surface area contributed by atoms with E-state index in [0.717, 1.165) is 0 Å². The van der Waals surface area contributed by atoms with Gasteiger partial charge in [0, 0.05) is 25.4 Å². The molecule has 2 atom stereocenters. The average molecular weight is 422 g/mol. The number of alkyl halides is 3. The number of hydrogen-bond acceptors (Lipinski definition) is 7. The Morgan fingerprint density at radius 1 is 1.28 bits per heavy atom. The Morgan fingerprint density at radius 2 is 2.00 bits per heavy atom. The molecule has 0 bridgehead atoms. The van der Waals surface area contributed by atoms with Gasteiger partial charge in [0.2, 0.25) is 0 Å². The quantitative estimate of drug-likeness (QED) is 0.425. The van der Waals surface area contributed by atoms with Crippen LogP contribution in [0.25, 0.3) is 0 Å². The summed E-state index contributed by atoms with van der Waals surface area (Å²) in [6.45, 7) is 1.95. The fourth-order valence-electron chi connectivity index (χ4n) is 3.25. The molecule has 0 spiro atoms. The summed E-state index contributed by atoms with van der Waals surface area (Å²) in [4.78, 5) is 12.7. The number of nitrogens with zero attached hydrogens (tertiary/aromatic N) is 3. The molecular formula is C18H29F3N4O4. The third kappa shape index (κ3) is 8.69. The van der Waals surface area contributed by atoms with Crippen LogP contribution in [0.2, 0.25) is 0 Å². The Morgan fingerprint density at radius 3 is 2.69 bits per heavy atom. The summed E-state index contributed by atoms with van der Waals surface area (Å²) in [7, 11) is 1.31. The van der Waals surface area contributed by atoms with E-state index in [2.05, 4.69) is 9.84 Å². The largest absolute Gasteiger partial charge is 0.465 e. The number of piperidine rings is 1. The smallest absolute Gasteiger partial charge is 0.401 e. The van der Waals surface area contributed by atoms with Crippen LogP contribution in [0.15, 0.2) is 12.4 Å². The molecule has 0 saturated carbocycles. The van der Waals surface area contributed by atoms with Gasteiger partial charge in [0.25, 0.3) is 0 Å². The minimum absolute atomic E-state index is 0.00385. The topological polar surface area (TPSA) is 91.8 Å². The standard InChI is InChI=1S/C18H29F3N4O4/c1-27-17(26)15-10-23-25(12-15)5-7-29-9-8-28-6-3-14-11-24(4-2-16(14)22)13-18(19,20)21/h10,12,14,16H,2-9,11,13,22H2,1H3/t14-,16-/m0/s1. The monoisotopic (exact) mass is 422 g/mol. The molecule has 2 heterocycles. The van der Waals surface area contributed by atoms with Crippen molar-refractivity contribution < 1.29 is 32.2 Å². The second kappa shape index (κ2) is 11.5. The van der Waals surface area contributed by atoms with Crippen LogP contribution in [-0.2, 0) is 20.8 Å². The number of halogens is 3. The molecule has 1 aliphatic rings. The molecule has 2 rings (SSSR count). The average Bonchev–Trinajstić information content (AvgIpc) is 3.13. The molecule has 1 aromatic heterocycles. The lowest BCUT2D eigenvalue weighted by molar-refractivity contribution is -0.150. The number of likely N-dealkylation sites (tertiary alicyclic amines) is 1. The van der Waals surface area contributed by atoms with E-state index in [-0.39, 0.29) is 12.0 Å². The Labute approximate surface area is 168 Å². The van der Waals surface area contributed by atoms with Crippen LogP contribution in [0, 0.1) is 5.92 Å². The predicted octanol–water partition coefficient (Wildman–Crippen LogP) is 1.30. The van der Waals surface area contributed by atoms with Gasteiger partial charge in [-0.25, -0.2) is 4.79 Å². The van der Waals surface area contributed by atoms with Crippen molar-refractivity contribution in [2.45, 2.75) is 31.6 Å². The molecule has 8 nitrogen and oxygen atoms in total. The highest BCUT2D eigenvalue weighted by atomic mass is 19.4. The molecule has 0 aromatic carbocycles. The van der Waals surface area contributed by atoms with Gasteiger partial charge < -0.3 is 19.9 Å². The van der Waals surface area contributed by atoms with Gasteiger partial charge in [-0.3, -0.25) is 9.58 Å². The lowest BCUT2D eigenvalue weighted by atomic mass is 9.90. The Hall–Kier alpha value is -1.69. The molecule has 1 fully saturated rings. The van der Waals surface area contributed by atoms with Crippen molar-refractivity contribution in [3.63, 3.8) is 0 Å². The zero-order chi connectivity index (χ0) is 21.3. The molecule has 0 unspecified atom stereocenters. The molecule has 1 aliphatic heterocycles. The van der Waals surface area contributed by atoms with Gasteiger partial charge in [-0.2, -0.15) is 18.3 Å². The third-order valence-electron chi connectivity index (χ3n) is 4.80. The fraction of sp³-hybridized carbons (Fsp3) is 0.778. The zero-order valence-corrected chi connectivity index (χ0v) is 16.6. The van der Waals surface area contributed by atoms with Gasteiger partial charge in [-0.1, -0.05) is 0 Å². The van der Waals surface area contributed by atoms with E-state index in [0.29, 0.717) is 64.5 Å². The zero-order valence-electron chi connectivity index (χ0n) is 16.6. The van der Waals surface area contributed by atoms with E-state index in [1.54, 1.807) is 10.9 Å². The molecule has 1 saturated heterocycles. The summed E-state index contributed by atoms with van der Waals surface area (Å²) < 4.78 is 54.8. The van der Waals surface area contributed by atoms with Crippen LogP contribution in [0.4, 0.5) is 13.2 Å². The lowest BCUT2D eigenvalue weighted by Crippen LogP contribution is -2.49. The first-order valence-electron chi connectivity index (χ1n) is 9.59. The highest BCUT2D eigenvalue weighted by Crippen LogP contribution is 2.23. The SMILES string of the molecule is COC(=O)c1cnn(CCOCCOCC[C@H]2CN(CC(F)(F)F)CC[C@@H]2N)c1. The molecule has 0 radical (unpaired) electrons. The molecule has 1 aromatic rings. The number of esters is 1. The highest BCUT2D eigenvalue weighted by Gasteiger charge is 2.34. The van der Waals surface area contributed by atoms with Crippen LogP contribution in [0.3, 0.4) is 0 Å². The maximum absolute atomic E-state index is 12.5. The van der Waals surface area contributed by atoms with Crippen molar-refractivity contribution >= 4 is 5.97 Å². The third-order valence-corrected chi connectivity index (χ3v) is 4.80. The molecule has 29 heavy (non-hydrogen) atoms. The van der Waals surface area contributed by atoms with Gasteiger partial charge in [-0.05, 0) is 25.3 Å². The number of methoxy groups -OCH3 is 1. The van der Waals surface area contributed by atoms with Crippen molar-refractivity contribution in [1.82, 2.24) is 14.7 Å². The molecule has 0 aliphatic carbocycles. The first-order chi connectivity index (χ1) is 13.8. The van der Waals surface area contributed by atoms with E-state index in [9.17, 15) is 18.0 Å². The summed E-state index contributed by atoms with van der Waals surface area (Å²) in [6.07, 6.45) is 0.0207. The number of ether oxygens (including phenoxy) is 3. The number of hydrogen-bond donors (Lipinski definition) is 1. The summed E-state index contributed by atoms with van der Waals surface area (Å²) >= 11 is 0. The van der Waals surface area contributed by atoms with Gasteiger partial charge in [0.05, 0.1) is 51.8 Å². The number of aromatic nitrogens is 2. The number of nitrogens with two attached hydrogens (primary N) is 1. The molecule has 166 valence electrons. The van der Waals surface area contributed by atoms with E-state index in [1.807, 2.05) is 0 Å². The van der Waals surface area contributed by atoms with Crippen LogP contribution < -0.4 is 5.73 Å². The van der Waals surface area contributed by atoms with E-state index < -0.39 is 18.7 Å². The maximum atomic E-state index is 12.5. The Bertz CT molecular complexity index is 626.